The highest BCUT2D eigenvalue weighted by molar-refractivity contribution is 5.94. The molecule has 2 rings (SSSR count). The molecule has 2 aromatic rings. The van der Waals surface area contributed by atoms with E-state index in [1.807, 2.05) is 6.92 Å². The van der Waals surface area contributed by atoms with Crippen molar-refractivity contribution in [2.45, 2.75) is 20.4 Å². The lowest BCUT2D eigenvalue weighted by atomic mass is 10.1. The Labute approximate surface area is 110 Å². The molecule has 0 unspecified atom stereocenters. The lowest BCUT2D eigenvalue weighted by molar-refractivity contribution is 0.0950. The molecule has 0 radical (unpaired) electrons. The molecule has 6 nitrogen and oxygen atoms in total. The Morgan fingerprint density at radius 1 is 1.37 bits per heavy atom. The van der Waals surface area contributed by atoms with Crippen LogP contribution in [0.5, 0.6) is 0 Å². The number of hydrogen-bond acceptors (Lipinski definition) is 5. The van der Waals surface area contributed by atoms with Gasteiger partial charge < -0.3 is 15.3 Å². The molecule has 0 spiro atoms. The highest BCUT2D eigenvalue weighted by Gasteiger charge is 2.08. The van der Waals surface area contributed by atoms with Crippen LogP contribution in [0.1, 0.15) is 27.4 Å². The van der Waals surface area contributed by atoms with E-state index in [1.54, 1.807) is 31.2 Å². The topological polar surface area (TPSA) is 93.2 Å². The molecule has 19 heavy (non-hydrogen) atoms. The van der Waals surface area contributed by atoms with Gasteiger partial charge in [0.25, 0.3) is 5.91 Å². The summed E-state index contributed by atoms with van der Waals surface area (Å²) in [6.45, 7) is 4.03. The van der Waals surface area contributed by atoms with Crippen molar-refractivity contribution in [2.75, 3.05) is 5.43 Å². The van der Waals surface area contributed by atoms with E-state index >= 15 is 0 Å². The van der Waals surface area contributed by atoms with Gasteiger partial charge in [0.2, 0.25) is 0 Å². The molecule has 1 amide bonds. The number of anilines is 1. The predicted octanol–water partition coefficient (Wildman–Crippen LogP) is 1.51. The molecule has 0 aliphatic heterocycles. The molecule has 0 fully saturated rings. The van der Waals surface area contributed by atoms with E-state index in [4.69, 9.17) is 10.4 Å². The van der Waals surface area contributed by atoms with Gasteiger partial charge in [0, 0.05) is 11.6 Å². The summed E-state index contributed by atoms with van der Waals surface area (Å²) in [6.07, 6.45) is 0. The molecule has 1 aromatic carbocycles. The molecule has 0 saturated carbocycles. The minimum absolute atomic E-state index is 0.160. The Morgan fingerprint density at radius 3 is 2.74 bits per heavy atom. The number of aromatic nitrogens is 1. The number of nitrogens with two attached hydrogens (primary N) is 1. The quantitative estimate of drug-likeness (QED) is 0.572. The zero-order valence-corrected chi connectivity index (χ0v) is 10.9. The number of nitrogens with zero attached hydrogens (tertiary/aromatic N) is 1. The molecule has 0 atom stereocenters. The molecule has 1 heterocycles. The normalized spacial score (nSPS) is 10.3. The summed E-state index contributed by atoms with van der Waals surface area (Å²) in [6, 6.07) is 7.04. The molecule has 100 valence electrons. The summed E-state index contributed by atoms with van der Waals surface area (Å²) in [5, 5.41) is 6.59. The Hall–Kier alpha value is -2.34. The Kier molecular flexibility index (Phi) is 3.82. The summed E-state index contributed by atoms with van der Waals surface area (Å²) >= 11 is 0. The maximum atomic E-state index is 12.0. The van der Waals surface area contributed by atoms with Crippen LogP contribution in [0.15, 0.2) is 28.8 Å². The zero-order chi connectivity index (χ0) is 13.8. The van der Waals surface area contributed by atoms with Gasteiger partial charge in [0.15, 0.2) is 0 Å². The zero-order valence-electron chi connectivity index (χ0n) is 10.9. The predicted molar refractivity (Wildman–Crippen MR) is 71.4 cm³/mol. The van der Waals surface area contributed by atoms with Crippen molar-refractivity contribution in [2.24, 2.45) is 5.84 Å². The van der Waals surface area contributed by atoms with Crippen LogP contribution in [-0.2, 0) is 6.54 Å². The SMILES string of the molecule is Cc1cc(CNC(=O)c2ccc(NN)c(C)c2)no1. The first kappa shape index (κ1) is 13.1. The summed E-state index contributed by atoms with van der Waals surface area (Å²) in [5.41, 5.74) is 5.55. The Balaban J connectivity index is 2.01. The largest absolute Gasteiger partial charge is 0.361 e. The van der Waals surface area contributed by atoms with Gasteiger partial charge in [-0.3, -0.25) is 10.6 Å². The lowest BCUT2D eigenvalue weighted by Crippen LogP contribution is -2.23. The van der Waals surface area contributed by atoms with Gasteiger partial charge in [0.05, 0.1) is 12.2 Å². The standard InChI is InChI=1S/C13H16N4O2/c1-8-5-10(3-4-12(8)16-14)13(18)15-7-11-6-9(2)19-17-11/h3-6,16H,7,14H2,1-2H3,(H,15,18). The van der Waals surface area contributed by atoms with Crippen molar-refractivity contribution < 1.29 is 9.32 Å². The van der Waals surface area contributed by atoms with Gasteiger partial charge in [-0.1, -0.05) is 5.16 Å². The van der Waals surface area contributed by atoms with Crippen LogP contribution >= 0.6 is 0 Å². The van der Waals surface area contributed by atoms with Crippen molar-refractivity contribution in [3.8, 4) is 0 Å². The van der Waals surface area contributed by atoms with Crippen LogP contribution in [0.3, 0.4) is 0 Å². The second-order valence-corrected chi connectivity index (χ2v) is 4.29. The van der Waals surface area contributed by atoms with Gasteiger partial charge in [0.1, 0.15) is 11.5 Å². The summed E-state index contributed by atoms with van der Waals surface area (Å²) < 4.78 is 4.93. The van der Waals surface area contributed by atoms with Crippen molar-refractivity contribution >= 4 is 11.6 Å². The number of benzene rings is 1. The van der Waals surface area contributed by atoms with Crippen LogP contribution < -0.4 is 16.6 Å². The minimum Gasteiger partial charge on any atom is -0.361 e. The van der Waals surface area contributed by atoms with Gasteiger partial charge in [-0.15, -0.1) is 0 Å². The first-order valence-corrected chi connectivity index (χ1v) is 5.88. The van der Waals surface area contributed by atoms with Crippen LogP contribution in [0.2, 0.25) is 0 Å². The molecule has 1 aromatic heterocycles. The molecule has 0 bridgehead atoms. The van der Waals surface area contributed by atoms with Crippen LogP contribution in [0, 0.1) is 13.8 Å². The van der Waals surface area contributed by atoms with E-state index in [-0.39, 0.29) is 5.91 Å². The third-order valence-electron chi connectivity index (χ3n) is 2.75. The van der Waals surface area contributed by atoms with Gasteiger partial charge in [-0.2, -0.15) is 0 Å². The number of nitrogens with one attached hydrogen (secondary N) is 2. The third-order valence-corrected chi connectivity index (χ3v) is 2.75. The summed E-state index contributed by atoms with van der Waals surface area (Å²) in [7, 11) is 0. The van der Waals surface area contributed by atoms with Crippen LogP contribution in [0.25, 0.3) is 0 Å². The highest BCUT2D eigenvalue weighted by atomic mass is 16.5. The second kappa shape index (κ2) is 5.53. The number of aryl methyl sites for hydroxylation is 2. The van der Waals surface area contributed by atoms with E-state index in [0.29, 0.717) is 17.8 Å². The number of nitrogen functional groups attached to an aromatic ring is 1. The lowest BCUT2D eigenvalue weighted by Gasteiger charge is -2.07. The fraction of sp³-hybridized carbons (Fsp3) is 0.231. The average molecular weight is 260 g/mol. The molecular formula is C13H16N4O2. The molecule has 0 aliphatic carbocycles. The molecule has 6 heteroatoms. The first-order chi connectivity index (χ1) is 9.10. The fourth-order valence-electron chi connectivity index (χ4n) is 1.74. The number of amides is 1. The van der Waals surface area contributed by atoms with Gasteiger partial charge >= 0.3 is 0 Å². The minimum atomic E-state index is -0.160. The number of carbonyl (C=O) groups is 1. The molecule has 0 aliphatic rings. The number of hydrazine groups is 1. The summed E-state index contributed by atoms with van der Waals surface area (Å²) in [5.74, 6) is 5.91. The summed E-state index contributed by atoms with van der Waals surface area (Å²) in [4.78, 5) is 12.0. The highest BCUT2D eigenvalue weighted by Crippen LogP contribution is 2.15. The maximum absolute atomic E-state index is 12.0. The average Bonchev–Trinajstić information content (AvgIpc) is 2.81. The maximum Gasteiger partial charge on any atom is 0.251 e. The fourth-order valence-corrected chi connectivity index (χ4v) is 1.74. The van der Waals surface area contributed by atoms with Crippen LogP contribution in [-0.4, -0.2) is 11.1 Å². The van der Waals surface area contributed by atoms with Crippen molar-refractivity contribution in [1.82, 2.24) is 10.5 Å². The van der Waals surface area contributed by atoms with Gasteiger partial charge in [-0.25, -0.2) is 0 Å². The van der Waals surface area contributed by atoms with E-state index in [2.05, 4.69) is 15.9 Å². The Bertz CT molecular complexity index is 592. The van der Waals surface area contributed by atoms with Gasteiger partial charge in [-0.05, 0) is 37.6 Å². The van der Waals surface area contributed by atoms with Crippen LogP contribution in [0.4, 0.5) is 5.69 Å². The van der Waals surface area contributed by atoms with Crippen molar-refractivity contribution in [1.29, 1.82) is 0 Å². The second-order valence-electron chi connectivity index (χ2n) is 4.29. The van der Waals surface area contributed by atoms with Crippen molar-refractivity contribution in [3.63, 3.8) is 0 Å². The van der Waals surface area contributed by atoms with E-state index in [9.17, 15) is 4.79 Å². The smallest absolute Gasteiger partial charge is 0.251 e. The monoisotopic (exact) mass is 260 g/mol. The molecule has 4 N–H and O–H groups in total. The molecule has 0 saturated heterocycles. The van der Waals surface area contributed by atoms with Crippen molar-refractivity contribution in [3.05, 3.63) is 46.8 Å². The van der Waals surface area contributed by atoms with E-state index < -0.39 is 0 Å². The number of carbonyl (C=O) groups excluding carboxylic acids is 1. The molecular weight excluding hydrogens is 244 g/mol. The Morgan fingerprint density at radius 2 is 2.16 bits per heavy atom. The number of hydrogen-bond donors (Lipinski definition) is 3. The van der Waals surface area contributed by atoms with E-state index in [0.717, 1.165) is 17.0 Å². The van der Waals surface area contributed by atoms with E-state index in [1.165, 1.54) is 0 Å². The number of rotatable bonds is 4. The third kappa shape index (κ3) is 3.11. The first-order valence-electron chi connectivity index (χ1n) is 5.88.